The molecule has 5 heteroatoms. The van der Waals surface area contributed by atoms with E-state index in [4.69, 9.17) is 9.47 Å². The molecule has 4 nitrogen and oxygen atoms in total. The van der Waals surface area contributed by atoms with Crippen molar-refractivity contribution < 1.29 is 13.9 Å². The van der Waals surface area contributed by atoms with Crippen LogP contribution in [-0.2, 0) is 10.3 Å². The fourth-order valence-corrected chi connectivity index (χ4v) is 2.84. The van der Waals surface area contributed by atoms with E-state index in [1.807, 2.05) is 63.1 Å². The Balaban J connectivity index is 1.93. The van der Waals surface area contributed by atoms with Gasteiger partial charge in [-0.2, -0.15) is 0 Å². The molecule has 0 atom stereocenters. The van der Waals surface area contributed by atoms with Gasteiger partial charge in [-0.05, 0) is 44.0 Å². The third kappa shape index (κ3) is 3.58. The summed E-state index contributed by atoms with van der Waals surface area (Å²) in [6.07, 6.45) is 1.72. The molecule has 1 saturated heterocycles. The maximum Gasteiger partial charge on any atom is 0.183 e. The van der Waals surface area contributed by atoms with Crippen molar-refractivity contribution in [2.24, 2.45) is 4.99 Å². The van der Waals surface area contributed by atoms with Gasteiger partial charge >= 0.3 is 0 Å². The van der Waals surface area contributed by atoms with Crippen molar-refractivity contribution in [3.05, 3.63) is 58.9 Å². The number of halogens is 1. The number of nitrogens with zero attached hydrogens (tertiary/aromatic N) is 2. The molecule has 2 aromatic carbocycles. The Labute approximate surface area is 154 Å². The SMILES string of the molecule is CCN(C)C=Nc1cc(F)c(C2(Oc3ccccc3C)COC2)cc1C. The molecular weight excluding hydrogens is 331 g/mol. The number of hydrogen-bond donors (Lipinski definition) is 0. The van der Waals surface area contributed by atoms with E-state index >= 15 is 0 Å². The Hall–Kier alpha value is -2.40. The summed E-state index contributed by atoms with van der Waals surface area (Å²) in [6.45, 7) is 7.45. The summed E-state index contributed by atoms with van der Waals surface area (Å²) in [7, 11) is 1.93. The second-order valence-corrected chi connectivity index (χ2v) is 6.79. The van der Waals surface area contributed by atoms with Gasteiger partial charge in [0.1, 0.15) is 11.6 Å². The fraction of sp³-hybridized carbons (Fsp3) is 0.381. The first kappa shape index (κ1) is 18.4. The van der Waals surface area contributed by atoms with Crippen LogP contribution in [0.5, 0.6) is 5.75 Å². The minimum absolute atomic E-state index is 0.321. The summed E-state index contributed by atoms with van der Waals surface area (Å²) in [4.78, 5) is 6.33. The Bertz CT molecular complexity index is 816. The van der Waals surface area contributed by atoms with Crippen LogP contribution in [0.15, 0.2) is 41.4 Å². The molecule has 3 rings (SSSR count). The van der Waals surface area contributed by atoms with E-state index in [0.29, 0.717) is 24.5 Å². The van der Waals surface area contributed by atoms with Crippen molar-refractivity contribution in [2.75, 3.05) is 26.8 Å². The van der Waals surface area contributed by atoms with Crippen LogP contribution in [0.4, 0.5) is 10.1 Å². The number of aryl methyl sites for hydroxylation is 2. The van der Waals surface area contributed by atoms with E-state index in [1.165, 1.54) is 6.07 Å². The fourth-order valence-electron chi connectivity index (χ4n) is 2.84. The van der Waals surface area contributed by atoms with E-state index in [-0.39, 0.29) is 5.82 Å². The van der Waals surface area contributed by atoms with E-state index < -0.39 is 5.60 Å². The summed E-state index contributed by atoms with van der Waals surface area (Å²) < 4.78 is 26.6. The number of para-hydroxylation sites is 1. The summed E-state index contributed by atoms with van der Waals surface area (Å²) >= 11 is 0. The lowest BCUT2D eigenvalue weighted by Gasteiger charge is -2.42. The molecule has 26 heavy (non-hydrogen) atoms. The first-order valence-electron chi connectivity index (χ1n) is 8.82. The zero-order valence-electron chi connectivity index (χ0n) is 15.8. The Morgan fingerprint density at radius 2 is 1.96 bits per heavy atom. The normalized spacial score (nSPS) is 15.7. The molecule has 0 aliphatic carbocycles. The zero-order valence-corrected chi connectivity index (χ0v) is 15.8. The maximum atomic E-state index is 14.9. The summed E-state index contributed by atoms with van der Waals surface area (Å²) in [5, 5.41) is 0. The van der Waals surface area contributed by atoms with Crippen molar-refractivity contribution in [2.45, 2.75) is 26.4 Å². The van der Waals surface area contributed by atoms with Crippen LogP contribution in [-0.4, -0.2) is 38.0 Å². The monoisotopic (exact) mass is 356 g/mol. The van der Waals surface area contributed by atoms with Crippen molar-refractivity contribution in [1.29, 1.82) is 0 Å². The highest BCUT2D eigenvalue weighted by atomic mass is 19.1. The molecule has 0 unspecified atom stereocenters. The number of benzene rings is 2. The van der Waals surface area contributed by atoms with Crippen molar-refractivity contribution in [3.63, 3.8) is 0 Å². The van der Waals surface area contributed by atoms with Crippen LogP contribution >= 0.6 is 0 Å². The first-order valence-corrected chi connectivity index (χ1v) is 8.82. The van der Waals surface area contributed by atoms with Crippen LogP contribution < -0.4 is 4.74 Å². The van der Waals surface area contributed by atoms with E-state index in [9.17, 15) is 4.39 Å². The highest BCUT2D eigenvalue weighted by Gasteiger charge is 2.45. The minimum Gasteiger partial charge on any atom is -0.477 e. The standard InChI is InChI=1S/C21H25FN2O2/c1-5-24(4)14-23-19-11-18(22)17(10-16(19)3)21(12-25-13-21)26-20-9-7-6-8-15(20)2/h6-11,14H,5,12-13H2,1-4H3. The van der Waals surface area contributed by atoms with Crippen LogP contribution in [0.2, 0.25) is 0 Å². The second kappa shape index (κ2) is 7.46. The summed E-state index contributed by atoms with van der Waals surface area (Å²) in [5.41, 5.74) is 2.27. The molecule has 0 saturated carbocycles. The van der Waals surface area contributed by atoms with E-state index in [2.05, 4.69) is 4.99 Å². The van der Waals surface area contributed by atoms with Crippen molar-refractivity contribution in [3.8, 4) is 5.75 Å². The molecule has 1 fully saturated rings. The lowest BCUT2D eigenvalue weighted by atomic mass is 9.89. The van der Waals surface area contributed by atoms with Crippen LogP contribution in [0, 0.1) is 19.7 Å². The predicted molar refractivity (Wildman–Crippen MR) is 102 cm³/mol. The van der Waals surface area contributed by atoms with Gasteiger partial charge in [0.15, 0.2) is 5.60 Å². The van der Waals surface area contributed by atoms with Gasteiger partial charge in [0.05, 0.1) is 25.2 Å². The van der Waals surface area contributed by atoms with Gasteiger partial charge in [-0.3, -0.25) is 0 Å². The highest BCUT2D eigenvalue weighted by Crippen LogP contribution is 2.39. The number of aliphatic imine (C=N–C) groups is 1. The van der Waals surface area contributed by atoms with Gasteiger partial charge in [-0.25, -0.2) is 9.38 Å². The smallest absolute Gasteiger partial charge is 0.183 e. The average molecular weight is 356 g/mol. The molecule has 0 N–H and O–H groups in total. The molecular formula is C21H25FN2O2. The van der Waals surface area contributed by atoms with E-state index in [1.54, 1.807) is 6.34 Å². The third-order valence-corrected chi connectivity index (χ3v) is 4.74. The van der Waals surface area contributed by atoms with Gasteiger partial charge in [0.25, 0.3) is 0 Å². The number of hydrogen-bond acceptors (Lipinski definition) is 3. The Morgan fingerprint density at radius 3 is 2.58 bits per heavy atom. The molecule has 1 heterocycles. The molecule has 0 aromatic heterocycles. The maximum absolute atomic E-state index is 14.9. The Kier molecular flexibility index (Phi) is 5.28. The lowest BCUT2D eigenvalue weighted by Crippen LogP contribution is -2.52. The topological polar surface area (TPSA) is 34.1 Å². The second-order valence-electron chi connectivity index (χ2n) is 6.79. The van der Waals surface area contributed by atoms with Gasteiger partial charge < -0.3 is 14.4 Å². The summed E-state index contributed by atoms with van der Waals surface area (Å²) in [6, 6.07) is 11.1. The van der Waals surface area contributed by atoms with Crippen LogP contribution in [0.25, 0.3) is 0 Å². The highest BCUT2D eigenvalue weighted by molar-refractivity contribution is 5.63. The number of ether oxygens (including phenoxy) is 2. The van der Waals surface area contributed by atoms with Crippen LogP contribution in [0.3, 0.4) is 0 Å². The van der Waals surface area contributed by atoms with Crippen LogP contribution in [0.1, 0.15) is 23.6 Å². The first-order chi connectivity index (χ1) is 12.4. The lowest BCUT2D eigenvalue weighted by molar-refractivity contribution is -0.169. The molecule has 0 amide bonds. The van der Waals surface area contributed by atoms with Gasteiger partial charge in [0, 0.05) is 25.2 Å². The molecule has 1 aliphatic heterocycles. The quantitative estimate of drug-likeness (QED) is 0.570. The third-order valence-electron chi connectivity index (χ3n) is 4.74. The number of rotatable bonds is 6. The largest absolute Gasteiger partial charge is 0.477 e. The van der Waals surface area contributed by atoms with Gasteiger partial charge in [0.2, 0.25) is 0 Å². The predicted octanol–water partition coefficient (Wildman–Crippen LogP) is 4.36. The molecule has 0 bridgehead atoms. The molecule has 2 aromatic rings. The summed E-state index contributed by atoms with van der Waals surface area (Å²) in [5.74, 6) is 0.429. The molecule has 0 spiro atoms. The molecule has 0 radical (unpaired) electrons. The zero-order chi connectivity index (χ0) is 18.7. The molecule has 138 valence electrons. The van der Waals surface area contributed by atoms with E-state index in [0.717, 1.165) is 23.4 Å². The van der Waals surface area contributed by atoms with Gasteiger partial charge in [-0.1, -0.05) is 18.2 Å². The Morgan fingerprint density at radius 1 is 1.23 bits per heavy atom. The van der Waals surface area contributed by atoms with Gasteiger partial charge in [-0.15, -0.1) is 0 Å². The average Bonchev–Trinajstić information content (AvgIpc) is 2.60. The minimum atomic E-state index is -0.788. The van der Waals surface area contributed by atoms with Crippen molar-refractivity contribution >= 4 is 12.0 Å². The van der Waals surface area contributed by atoms with Crippen molar-refractivity contribution in [1.82, 2.24) is 4.90 Å². The molecule has 1 aliphatic rings.